The van der Waals surface area contributed by atoms with Crippen LogP contribution >= 0.6 is 0 Å². The van der Waals surface area contributed by atoms with Crippen LogP contribution in [0.1, 0.15) is 45.2 Å². The molecule has 0 radical (unpaired) electrons. The van der Waals surface area contributed by atoms with E-state index in [0.717, 1.165) is 4.90 Å². The molecule has 3 heterocycles. The Morgan fingerprint density at radius 3 is 2.63 bits per heavy atom. The summed E-state index contributed by atoms with van der Waals surface area (Å²) >= 11 is 0. The molecule has 0 aromatic carbocycles. The fourth-order valence-electron chi connectivity index (χ4n) is 3.45. The largest absolute Gasteiger partial charge is 0.443 e. The van der Waals surface area contributed by atoms with Crippen molar-refractivity contribution in [3.63, 3.8) is 0 Å². The number of nitrogens with two attached hydrogens (primary N) is 1. The molecule has 0 aliphatic carbocycles. The lowest BCUT2D eigenvalue weighted by Crippen LogP contribution is -2.48. The third-order valence-electron chi connectivity index (χ3n) is 4.59. The quantitative estimate of drug-likeness (QED) is 0.834. The average Bonchev–Trinajstić information content (AvgIpc) is 2.99. The fraction of sp³-hybridized carbons (Fsp3) is 0.611. The van der Waals surface area contributed by atoms with Crippen LogP contribution in [-0.4, -0.2) is 37.0 Å². The van der Waals surface area contributed by atoms with E-state index < -0.39 is 17.1 Å². The van der Waals surface area contributed by atoms with Gasteiger partial charge in [0.15, 0.2) is 0 Å². The number of ether oxygens (including phenoxy) is 3. The van der Waals surface area contributed by atoms with Gasteiger partial charge in [-0.15, -0.1) is 0 Å². The molecule has 1 aromatic heterocycles. The number of aromatic nitrogens is 1. The second-order valence-corrected chi connectivity index (χ2v) is 7.58. The monoisotopic (exact) mass is 376 g/mol. The van der Waals surface area contributed by atoms with Crippen LogP contribution in [0.25, 0.3) is 0 Å². The number of nitrogens with zero attached hydrogens (tertiary/aromatic N) is 3. The highest BCUT2D eigenvalue weighted by molar-refractivity contribution is 5.92. The number of hydrogen-bond donors (Lipinski definition) is 1. The van der Waals surface area contributed by atoms with Gasteiger partial charge in [0.05, 0.1) is 17.1 Å². The van der Waals surface area contributed by atoms with Crippen molar-refractivity contribution in [2.75, 3.05) is 25.2 Å². The number of rotatable bonds is 2. The van der Waals surface area contributed by atoms with Crippen molar-refractivity contribution in [2.45, 2.75) is 51.2 Å². The zero-order chi connectivity index (χ0) is 19.8. The zero-order valence-corrected chi connectivity index (χ0v) is 16.0. The van der Waals surface area contributed by atoms with Crippen LogP contribution < -0.4 is 10.6 Å². The smallest absolute Gasteiger partial charge is 0.423 e. The highest BCUT2D eigenvalue weighted by atomic mass is 16.6. The van der Waals surface area contributed by atoms with Gasteiger partial charge < -0.3 is 24.4 Å². The summed E-state index contributed by atoms with van der Waals surface area (Å²) in [6.07, 6.45) is 0.311. The van der Waals surface area contributed by atoms with Crippen LogP contribution in [-0.2, 0) is 26.2 Å². The van der Waals surface area contributed by atoms with E-state index in [9.17, 15) is 10.1 Å². The van der Waals surface area contributed by atoms with E-state index in [1.54, 1.807) is 20.8 Å². The molecule has 2 aliphatic heterocycles. The van der Waals surface area contributed by atoms with Gasteiger partial charge in [0.25, 0.3) is 0 Å². The maximum absolute atomic E-state index is 12.8. The summed E-state index contributed by atoms with van der Waals surface area (Å²) in [6, 6.07) is 2.18. The highest BCUT2D eigenvalue weighted by Crippen LogP contribution is 2.50. The van der Waals surface area contributed by atoms with E-state index in [4.69, 9.17) is 24.4 Å². The van der Waals surface area contributed by atoms with Gasteiger partial charge in [0.1, 0.15) is 23.7 Å². The number of nitriles is 1. The molecule has 2 N–H and O–H groups in total. The minimum Gasteiger partial charge on any atom is -0.443 e. The first-order valence-electron chi connectivity index (χ1n) is 8.74. The molecule has 0 atom stereocenters. The first-order chi connectivity index (χ1) is 12.7. The SMILES string of the molecule is COCc1nc2c(o1)N(C(=O)OC(C)(C)C)C(N)=C(C#N)C21CCOCC1. The number of oxazole rings is 1. The number of anilines is 1. The third-order valence-corrected chi connectivity index (χ3v) is 4.59. The van der Waals surface area contributed by atoms with Crippen molar-refractivity contribution in [1.29, 1.82) is 5.26 Å². The Bertz CT molecular complexity index is 809. The minimum absolute atomic E-state index is 0.00117. The highest BCUT2D eigenvalue weighted by Gasteiger charge is 2.51. The lowest BCUT2D eigenvalue weighted by atomic mass is 9.70. The summed E-state index contributed by atoms with van der Waals surface area (Å²) in [5.74, 6) is 0.477. The molecule has 1 fully saturated rings. The van der Waals surface area contributed by atoms with Gasteiger partial charge in [0, 0.05) is 20.3 Å². The molecular formula is C18H24N4O5. The molecule has 3 rings (SSSR count). The number of hydrogen-bond acceptors (Lipinski definition) is 8. The van der Waals surface area contributed by atoms with Crippen LogP contribution in [0.15, 0.2) is 15.8 Å². The van der Waals surface area contributed by atoms with Gasteiger partial charge in [-0.2, -0.15) is 10.2 Å². The average molecular weight is 376 g/mol. The molecule has 1 amide bonds. The molecule has 9 nitrogen and oxygen atoms in total. The van der Waals surface area contributed by atoms with E-state index in [2.05, 4.69) is 11.1 Å². The molecule has 146 valence electrons. The predicted octanol–water partition coefficient (Wildman–Crippen LogP) is 2.32. The molecule has 0 saturated carbocycles. The molecule has 2 aliphatic rings. The summed E-state index contributed by atoms with van der Waals surface area (Å²) < 4.78 is 21.9. The normalized spacial score (nSPS) is 19.0. The Morgan fingerprint density at radius 1 is 1.41 bits per heavy atom. The molecular weight excluding hydrogens is 352 g/mol. The maximum Gasteiger partial charge on any atom is 0.423 e. The topological polar surface area (TPSA) is 124 Å². The lowest BCUT2D eigenvalue weighted by molar-refractivity contribution is 0.0552. The summed E-state index contributed by atoms with van der Waals surface area (Å²) in [4.78, 5) is 18.5. The van der Waals surface area contributed by atoms with Crippen LogP contribution in [0.4, 0.5) is 10.7 Å². The first kappa shape index (κ1) is 19.2. The third kappa shape index (κ3) is 3.26. The van der Waals surface area contributed by atoms with Gasteiger partial charge in [-0.25, -0.2) is 9.78 Å². The number of methoxy groups -OCH3 is 1. The van der Waals surface area contributed by atoms with Crippen molar-refractivity contribution >= 4 is 12.0 Å². The van der Waals surface area contributed by atoms with E-state index in [0.29, 0.717) is 37.6 Å². The van der Waals surface area contributed by atoms with E-state index in [-0.39, 0.29) is 23.9 Å². The Hall–Kier alpha value is -2.57. The second kappa shape index (κ2) is 6.87. The molecule has 1 spiro atoms. The van der Waals surface area contributed by atoms with Gasteiger partial charge in [-0.05, 0) is 33.6 Å². The minimum atomic E-state index is -0.750. The second-order valence-electron chi connectivity index (χ2n) is 7.58. The number of carbonyl (C=O) groups excluding carboxylic acids is 1. The molecule has 0 unspecified atom stereocenters. The van der Waals surface area contributed by atoms with Crippen LogP contribution in [0.3, 0.4) is 0 Å². The lowest BCUT2D eigenvalue weighted by Gasteiger charge is -2.41. The molecule has 9 heteroatoms. The standard InChI is InChI=1S/C18H24N4O5/c1-17(2,3)27-16(23)22-14(20)11(9-19)18(5-7-25-8-6-18)13-15(22)26-12(21-13)10-24-4/h5-8,10,20H2,1-4H3. The van der Waals surface area contributed by atoms with Crippen molar-refractivity contribution in [2.24, 2.45) is 5.73 Å². The van der Waals surface area contributed by atoms with Gasteiger partial charge in [0.2, 0.25) is 11.8 Å². The zero-order valence-electron chi connectivity index (χ0n) is 16.0. The Kier molecular flexibility index (Phi) is 4.88. The van der Waals surface area contributed by atoms with Gasteiger partial charge >= 0.3 is 6.09 Å². The fourth-order valence-corrected chi connectivity index (χ4v) is 3.45. The summed E-state index contributed by atoms with van der Waals surface area (Å²) in [5, 5.41) is 9.86. The van der Waals surface area contributed by atoms with E-state index in [1.165, 1.54) is 7.11 Å². The van der Waals surface area contributed by atoms with Crippen molar-refractivity contribution in [3.05, 3.63) is 23.0 Å². The van der Waals surface area contributed by atoms with Crippen molar-refractivity contribution in [1.82, 2.24) is 4.98 Å². The van der Waals surface area contributed by atoms with E-state index >= 15 is 0 Å². The Labute approximate surface area is 157 Å². The van der Waals surface area contributed by atoms with Gasteiger partial charge in [-0.1, -0.05) is 0 Å². The molecule has 27 heavy (non-hydrogen) atoms. The number of fused-ring (bicyclic) bond motifs is 2. The van der Waals surface area contributed by atoms with E-state index in [1.807, 2.05) is 0 Å². The van der Waals surface area contributed by atoms with Crippen LogP contribution in [0, 0.1) is 11.3 Å². The van der Waals surface area contributed by atoms with Crippen LogP contribution in [0.5, 0.6) is 0 Å². The predicted molar refractivity (Wildman–Crippen MR) is 94.5 cm³/mol. The Balaban J connectivity index is 2.17. The summed E-state index contributed by atoms with van der Waals surface area (Å²) in [6.45, 7) is 6.28. The number of allylic oxidation sites excluding steroid dienone is 1. The summed E-state index contributed by atoms with van der Waals surface area (Å²) in [5.41, 5.74) is 5.56. The molecule has 1 aromatic rings. The maximum atomic E-state index is 12.8. The Morgan fingerprint density at radius 2 is 2.07 bits per heavy atom. The molecule has 1 saturated heterocycles. The number of carbonyl (C=O) groups is 1. The molecule has 0 bridgehead atoms. The number of amides is 1. The van der Waals surface area contributed by atoms with Gasteiger partial charge in [-0.3, -0.25) is 0 Å². The van der Waals surface area contributed by atoms with Crippen molar-refractivity contribution < 1.29 is 23.4 Å². The van der Waals surface area contributed by atoms with Crippen molar-refractivity contribution in [3.8, 4) is 6.07 Å². The summed E-state index contributed by atoms with van der Waals surface area (Å²) in [7, 11) is 1.52. The first-order valence-corrected chi connectivity index (χ1v) is 8.74. The van der Waals surface area contributed by atoms with Crippen LogP contribution in [0.2, 0.25) is 0 Å².